The summed E-state index contributed by atoms with van der Waals surface area (Å²) < 4.78 is 7.48. The molecule has 0 unspecified atom stereocenters. The second kappa shape index (κ2) is 5.57. The summed E-state index contributed by atoms with van der Waals surface area (Å²) in [6.45, 7) is 4.75. The van der Waals surface area contributed by atoms with Crippen molar-refractivity contribution in [1.82, 2.24) is 20.0 Å². The number of aromatic nitrogens is 3. The van der Waals surface area contributed by atoms with Gasteiger partial charge in [0.1, 0.15) is 6.54 Å². The van der Waals surface area contributed by atoms with Crippen molar-refractivity contribution >= 4 is 0 Å². The van der Waals surface area contributed by atoms with Gasteiger partial charge in [0, 0.05) is 24.4 Å². The third-order valence-corrected chi connectivity index (χ3v) is 3.39. The van der Waals surface area contributed by atoms with Crippen molar-refractivity contribution < 1.29 is 4.52 Å². The second-order valence-corrected chi connectivity index (χ2v) is 5.12. The Hall–Kier alpha value is -1.62. The fraction of sp³-hybridized carbons (Fsp3) is 0.571. The molecule has 5 heteroatoms. The molecule has 2 aromatic rings. The van der Waals surface area contributed by atoms with E-state index in [4.69, 9.17) is 4.52 Å². The van der Waals surface area contributed by atoms with E-state index in [0.29, 0.717) is 18.4 Å². The molecule has 1 aliphatic carbocycles. The summed E-state index contributed by atoms with van der Waals surface area (Å²) in [4.78, 5) is 4.47. The molecule has 5 nitrogen and oxygen atoms in total. The maximum absolute atomic E-state index is 5.32. The van der Waals surface area contributed by atoms with Gasteiger partial charge in [-0.25, -0.2) is 0 Å². The van der Waals surface area contributed by atoms with Crippen LogP contribution >= 0.6 is 0 Å². The van der Waals surface area contributed by atoms with Crippen molar-refractivity contribution in [2.75, 3.05) is 6.54 Å². The van der Waals surface area contributed by atoms with Gasteiger partial charge in [0.25, 0.3) is 0 Å². The van der Waals surface area contributed by atoms with Crippen molar-refractivity contribution in [1.29, 1.82) is 0 Å². The van der Waals surface area contributed by atoms with Crippen LogP contribution in [0.4, 0.5) is 0 Å². The summed E-state index contributed by atoms with van der Waals surface area (Å²) in [5.74, 6) is 2.13. The molecular weight excluding hydrogens is 240 g/mol. The Balaban J connectivity index is 1.63. The molecule has 1 N–H and O–H groups in total. The van der Waals surface area contributed by atoms with Crippen LogP contribution in [-0.4, -0.2) is 21.3 Å². The average Bonchev–Trinajstić information content (AvgIpc) is 3.01. The Kier molecular flexibility index (Phi) is 3.64. The number of nitrogens with one attached hydrogen (secondary N) is 1. The monoisotopic (exact) mass is 260 g/mol. The lowest BCUT2D eigenvalue weighted by molar-refractivity contribution is 0.364. The van der Waals surface area contributed by atoms with Gasteiger partial charge in [0.05, 0.1) is 0 Å². The maximum Gasteiger partial charge on any atom is 0.246 e. The van der Waals surface area contributed by atoms with E-state index in [2.05, 4.69) is 45.3 Å². The summed E-state index contributed by atoms with van der Waals surface area (Å²) in [5, 5.41) is 7.46. The van der Waals surface area contributed by atoms with Gasteiger partial charge in [-0.3, -0.25) is 0 Å². The fourth-order valence-electron chi connectivity index (χ4n) is 2.14. The Labute approximate surface area is 113 Å². The van der Waals surface area contributed by atoms with Gasteiger partial charge >= 0.3 is 0 Å². The van der Waals surface area contributed by atoms with E-state index in [1.54, 1.807) is 0 Å². The van der Waals surface area contributed by atoms with Crippen molar-refractivity contribution in [3.05, 3.63) is 35.7 Å². The predicted molar refractivity (Wildman–Crippen MR) is 71.8 cm³/mol. The lowest BCUT2D eigenvalue weighted by atomic mass is 10.4. The van der Waals surface area contributed by atoms with Crippen molar-refractivity contribution in [2.24, 2.45) is 0 Å². The molecule has 0 radical (unpaired) electrons. The first-order chi connectivity index (χ1) is 9.36. The molecular formula is C14H20N4O. The Bertz CT molecular complexity index is 527. The predicted octanol–water partition coefficient (Wildman–Crippen LogP) is 2.30. The van der Waals surface area contributed by atoms with Crippen molar-refractivity contribution in [3.63, 3.8) is 0 Å². The van der Waals surface area contributed by atoms with Gasteiger partial charge in [-0.2, -0.15) is 4.98 Å². The zero-order valence-corrected chi connectivity index (χ0v) is 11.3. The minimum Gasteiger partial charge on any atom is -0.341 e. The van der Waals surface area contributed by atoms with Crippen LogP contribution in [0.3, 0.4) is 0 Å². The summed E-state index contributed by atoms with van der Waals surface area (Å²) in [6.07, 6.45) is 5.61. The normalized spacial score (nSPS) is 15.0. The van der Waals surface area contributed by atoms with Crippen LogP contribution in [-0.2, 0) is 13.1 Å². The smallest absolute Gasteiger partial charge is 0.246 e. The molecule has 0 saturated heterocycles. The number of hydrogen-bond acceptors (Lipinski definition) is 4. The Morgan fingerprint density at radius 2 is 2.37 bits per heavy atom. The van der Waals surface area contributed by atoms with Crippen LogP contribution in [0.25, 0.3) is 0 Å². The van der Waals surface area contributed by atoms with Crippen molar-refractivity contribution in [3.8, 4) is 0 Å². The molecule has 0 atom stereocenters. The van der Waals surface area contributed by atoms with E-state index in [1.807, 2.05) is 0 Å². The number of nitrogens with zero attached hydrogens (tertiary/aromatic N) is 3. The zero-order chi connectivity index (χ0) is 13.1. The molecule has 0 aliphatic heterocycles. The molecule has 1 aliphatic rings. The molecule has 0 spiro atoms. The Morgan fingerprint density at radius 3 is 3.16 bits per heavy atom. The van der Waals surface area contributed by atoms with Gasteiger partial charge in [-0.1, -0.05) is 12.1 Å². The van der Waals surface area contributed by atoms with Crippen LogP contribution in [0.15, 0.2) is 22.9 Å². The van der Waals surface area contributed by atoms with Crippen LogP contribution < -0.4 is 5.32 Å². The molecule has 102 valence electrons. The highest BCUT2D eigenvalue weighted by atomic mass is 16.5. The summed E-state index contributed by atoms with van der Waals surface area (Å²) in [6, 6.07) is 4.18. The molecule has 2 aromatic heterocycles. The number of rotatable bonds is 7. The van der Waals surface area contributed by atoms with Crippen LogP contribution in [0.1, 0.15) is 49.5 Å². The minimum absolute atomic E-state index is 0.549. The summed E-state index contributed by atoms with van der Waals surface area (Å²) in [5.41, 5.74) is 1.25. The molecule has 0 bridgehead atoms. The van der Waals surface area contributed by atoms with E-state index in [9.17, 15) is 0 Å². The van der Waals surface area contributed by atoms with E-state index in [1.165, 1.54) is 18.5 Å². The van der Waals surface area contributed by atoms with Gasteiger partial charge in [0.2, 0.25) is 5.89 Å². The average molecular weight is 260 g/mol. The third kappa shape index (κ3) is 3.04. The molecule has 3 rings (SSSR count). The molecule has 19 heavy (non-hydrogen) atoms. The standard InChI is InChI=1S/C14H20N4O/c1-2-7-15-9-12-4-3-8-18(12)10-13-16-14(17-19-13)11-5-6-11/h3-4,8,11,15H,2,5-7,9-10H2,1H3. The molecule has 0 aromatic carbocycles. The largest absolute Gasteiger partial charge is 0.341 e. The SMILES string of the molecule is CCCNCc1cccn1Cc1nc(C2CC2)no1. The van der Waals surface area contributed by atoms with Crippen LogP contribution in [0.5, 0.6) is 0 Å². The van der Waals surface area contributed by atoms with Crippen LogP contribution in [0.2, 0.25) is 0 Å². The topological polar surface area (TPSA) is 55.9 Å². The van der Waals surface area contributed by atoms with E-state index in [-0.39, 0.29) is 0 Å². The first-order valence-corrected chi connectivity index (χ1v) is 7.04. The lowest BCUT2D eigenvalue weighted by Gasteiger charge is -2.07. The molecule has 0 amide bonds. The second-order valence-electron chi connectivity index (χ2n) is 5.12. The quantitative estimate of drug-likeness (QED) is 0.776. The third-order valence-electron chi connectivity index (χ3n) is 3.39. The highest BCUT2D eigenvalue weighted by Gasteiger charge is 2.28. The fourth-order valence-corrected chi connectivity index (χ4v) is 2.14. The van der Waals surface area contributed by atoms with E-state index < -0.39 is 0 Å². The number of hydrogen-bond donors (Lipinski definition) is 1. The van der Waals surface area contributed by atoms with Crippen LogP contribution in [0, 0.1) is 0 Å². The van der Waals surface area contributed by atoms with Gasteiger partial charge in [0.15, 0.2) is 5.82 Å². The molecule has 2 heterocycles. The van der Waals surface area contributed by atoms with Gasteiger partial charge in [-0.05, 0) is 37.9 Å². The minimum atomic E-state index is 0.549. The highest BCUT2D eigenvalue weighted by Crippen LogP contribution is 2.38. The molecule has 1 fully saturated rings. The Morgan fingerprint density at radius 1 is 1.47 bits per heavy atom. The van der Waals surface area contributed by atoms with Gasteiger partial charge < -0.3 is 14.4 Å². The maximum atomic E-state index is 5.32. The van der Waals surface area contributed by atoms with Crippen molar-refractivity contribution in [2.45, 2.75) is 45.2 Å². The van der Waals surface area contributed by atoms with E-state index in [0.717, 1.165) is 25.3 Å². The van der Waals surface area contributed by atoms with E-state index >= 15 is 0 Å². The lowest BCUT2D eigenvalue weighted by Crippen LogP contribution is -2.17. The zero-order valence-electron chi connectivity index (χ0n) is 11.3. The summed E-state index contributed by atoms with van der Waals surface area (Å²) >= 11 is 0. The van der Waals surface area contributed by atoms with Gasteiger partial charge in [-0.15, -0.1) is 0 Å². The first-order valence-electron chi connectivity index (χ1n) is 7.04. The first kappa shape index (κ1) is 12.4. The summed E-state index contributed by atoms with van der Waals surface area (Å²) in [7, 11) is 0. The highest BCUT2D eigenvalue weighted by molar-refractivity contribution is 5.09. The molecule has 1 saturated carbocycles.